The molecule has 0 amide bonds. The minimum atomic E-state index is 0.584. The first-order chi connectivity index (χ1) is 7.18. The first kappa shape index (κ1) is 12.2. The van der Waals surface area contributed by atoms with E-state index in [1.807, 2.05) is 24.1 Å². The topological polar surface area (TPSA) is 41.9 Å². The molecular weight excluding hydrogens is 188 g/mol. The Balaban J connectivity index is 1.98. The molecule has 0 atom stereocenters. The summed E-state index contributed by atoms with van der Waals surface area (Å²) in [6.45, 7) is 7.31. The summed E-state index contributed by atoms with van der Waals surface area (Å²) >= 11 is 0. The maximum absolute atomic E-state index is 4.25. The molecule has 4 nitrogen and oxygen atoms in total. The Morgan fingerprint density at radius 1 is 1.40 bits per heavy atom. The van der Waals surface area contributed by atoms with E-state index in [9.17, 15) is 0 Å². The molecule has 1 rings (SSSR count). The van der Waals surface area contributed by atoms with Crippen molar-refractivity contribution in [2.45, 2.75) is 32.9 Å². The first-order valence-corrected chi connectivity index (χ1v) is 5.59. The summed E-state index contributed by atoms with van der Waals surface area (Å²) in [4.78, 5) is 4.25. The van der Waals surface area contributed by atoms with Crippen LogP contribution in [0.2, 0.25) is 0 Å². The maximum atomic E-state index is 4.25. The van der Waals surface area contributed by atoms with Crippen molar-refractivity contribution in [3.8, 4) is 0 Å². The van der Waals surface area contributed by atoms with Crippen LogP contribution in [-0.2, 0) is 13.6 Å². The molecule has 0 saturated carbocycles. The van der Waals surface area contributed by atoms with Gasteiger partial charge in [-0.05, 0) is 19.5 Å². The molecule has 1 aromatic heterocycles. The van der Waals surface area contributed by atoms with E-state index < -0.39 is 0 Å². The second kappa shape index (κ2) is 6.58. The summed E-state index contributed by atoms with van der Waals surface area (Å²) in [5.74, 6) is 0. The van der Waals surface area contributed by atoms with Gasteiger partial charge in [-0.3, -0.25) is 0 Å². The van der Waals surface area contributed by atoms with Crippen molar-refractivity contribution in [2.24, 2.45) is 7.05 Å². The second-order valence-corrected chi connectivity index (χ2v) is 4.17. The van der Waals surface area contributed by atoms with Gasteiger partial charge >= 0.3 is 0 Å². The minimum Gasteiger partial charge on any atom is -0.340 e. The van der Waals surface area contributed by atoms with Crippen LogP contribution in [-0.4, -0.2) is 28.7 Å². The van der Waals surface area contributed by atoms with Gasteiger partial charge in [0.2, 0.25) is 0 Å². The number of aryl methyl sites for hydroxylation is 1. The smallest absolute Gasteiger partial charge is 0.0947 e. The van der Waals surface area contributed by atoms with Crippen LogP contribution in [0, 0.1) is 0 Å². The lowest BCUT2D eigenvalue weighted by Gasteiger charge is -2.07. The normalized spacial score (nSPS) is 11.2. The third-order valence-electron chi connectivity index (χ3n) is 2.15. The van der Waals surface area contributed by atoms with Crippen LogP contribution in [0.3, 0.4) is 0 Å². The number of nitrogens with zero attached hydrogens (tertiary/aromatic N) is 2. The summed E-state index contributed by atoms with van der Waals surface area (Å²) in [5.41, 5.74) is 1.11. The summed E-state index contributed by atoms with van der Waals surface area (Å²) in [6.07, 6.45) is 5.03. The molecule has 4 heteroatoms. The quantitative estimate of drug-likeness (QED) is 0.657. The van der Waals surface area contributed by atoms with Gasteiger partial charge in [0.1, 0.15) is 0 Å². The van der Waals surface area contributed by atoms with Crippen LogP contribution in [0.25, 0.3) is 0 Å². The zero-order valence-corrected chi connectivity index (χ0v) is 9.95. The lowest BCUT2D eigenvalue weighted by molar-refractivity contribution is 0.546. The van der Waals surface area contributed by atoms with E-state index in [1.54, 1.807) is 0 Å². The van der Waals surface area contributed by atoms with Crippen molar-refractivity contribution in [2.75, 3.05) is 13.1 Å². The number of imidazole rings is 1. The standard InChI is InChI=1S/C11H22N4/c1-10(2)13-6-4-5-12-7-11-8-15(3)9-14-11/h8-10,12-13H,4-7H2,1-3H3. The van der Waals surface area contributed by atoms with Gasteiger partial charge in [-0.2, -0.15) is 0 Å². The molecule has 0 aromatic carbocycles. The third kappa shape index (κ3) is 5.54. The molecule has 0 unspecified atom stereocenters. The maximum Gasteiger partial charge on any atom is 0.0947 e. The van der Waals surface area contributed by atoms with Gasteiger partial charge in [0.05, 0.1) is 12.0 Å². The Bertz CT molecular complexity index is 267. The van der Waals surface area contributed by atoms with Gasteiger partial charge < -0.3 is 15.2 Å². The van der Waals surface area contributed by atoms with Crippen molar-refractivity contribution >= 4 is 0 Å². The highest BCUT2D eigenvalue weighted by Crippen LogP contribution is 1.92. The molecule has 0 aliphatic rings. The van der Waals surface area contributed by atoms with Gasteiger partial charge in [-0.25, -0.2) is 4.98 Å². The molecular formula is C11H22N4. The predicted molar refractivity (Wildman–Crippen MR) is 62.7 cm³/mol. The summed E-state index contributed by atoms with van der Waals surface area (Å²) < 4.78 is 1.97. The fraction of sp³-hybridized carbons (Fsp3) is 0.727. The van der Waals surface area contributed by atoms with Gasteiger partial charge in [-0.1, -0.05) is 13.8 Å². The first-order valence-electron chi connectivity index (χ1n) is 5.59. The molecule has 1 heterocycles. The van der Waals surface area contributed by atoms with E-state index in [0.717, 1.165) is 31.7 Å². The zero-order chi connectivity index (χ0) is 11.1. The fourth-order valence-electron chi connectivity index (χ4n) is 1.38. The lowest BCUT2D eigenvalue weighted by Crippen LogP contribution is -2.26. The Kier molecular flexibility index (Phi) is 5.36. The number of rotatable bonds is 7. The van der Waals surface area contributed by atoms with E-state index in [0.29, 0.717) is 6.04 Å². The lowest BCUT2D eigenvalue weighted by atomic mass is 10.3. The predicted octanol–water partition coefficient (Wildman–Crippen LogP) is 0.898. The van der Waals surface area contributed by atoms with Gasteiger partial charge in [0.25, 0.3) is 0 Å². The van der Waals surface area contributed by atoms with Crippen LogP contribution in [0.1, 0.15) is 26.0 Å². The van der Waals surface area contributed by atoms with Gasteiger partial charge in [-0.15, -0.1) is 0 Å². The molecule has 15 heavy (non-hydrogen) atoms. The monoisotopic (exact) mass is 210 g/mol. The summed E-state index contributed by atoms with van der Waals surface area (Å²) in [6, 6.07) is 0.584. The molecule has 1 aromatic rings. The van der Waals surface area contributed by atoms with E-state index in [2.05, 4.69) is 29.5 Å². The zero-order valence-electron chi connectivity index (χ0n) is 9.95. The highest BCUT2D eigenvalue weighted by atomic mass is 15.0. The van der Waals surface area contributed by atoms with Gasteiger partial charge in [0.15, 0.2) is 0 Å². The Hall–Kier alpha value is -0.870. The molecule has 0 saturated heterocycles. The SMILES string of the molecule is CC(C)NCCCNCc1cn(C)cn1. The molecule has 86 valence electrons. The summed E-state index contributed by atoms with van der Waals surface area (Å²) in [5, 5.41) is 6.76. The van der Waals surface area contributed by atoms with E-state index in [1.165, 1.54) is 0 Å². The van der Waals surface area contributed by atoms with Crippen LogP contribution in [0.5, 0.6) is 0 Å². The molecule has 0 bridgehead atoms. The van der Waals surface area contributed by atoms with Crippen molar-refractivity contribution in [3.05, 3.63) is 18.2 Å². The third-order valence-corrected chi connectivity index (χ3v) is 2.15. The van der Waals surface area contributed by atoms with Crippen LogP contribution >= 0.6 is 0 Å². The molecule has 0 spiro atoms. The Morgan fingerprint density at radius 3 is 2.80 bits per heavy atom. The minimum absolute atomic E-state index is 0.584. The van der Waals surface area contributed by atoms with Crippen molar-refractivity contribution in [3.63, 3.8) is 0 Å². The van der Waals surface area contributed by atoms with Crippen LogP contribution in [0.15, 0.2) is 12.5 Å². The largest absolute Gasteiger partial charge is 0.340 e. The Labute approximate surface area is 92.1 Å². The summed E-state index contributed by atoms with van der Waals surface area (Å²) in [7, 11) is 1.99. The Morgan fingerprint density at radius 2 is 2.20 bits per heavy atom. The van der Waals surface area contributed by atoms with Gasteiger partial charge in [0, 0.05) is 25.8 Å². The highest BCUT2D eigenvalue weighted by molar-refractivity contribution is 4.95. The second-order valence-electron chi connectivity index (χ2n) is 4.17. The van der Waals surface area contributed by atoms with Crippen LogP contribution < -0.4 is 10.6 Å². The fourth-order valence-corrected chi connectivity index (χ4v) is 1.38. The van der Waals surface area contributed by atoms with Crippen LogP contribution in [0.4, 0.5) is 0 Å². The van der Waals surface area contributed by atoms with E-state index in [-0.39, 0.29) is 0 Å². The molecule has 2 N–H and O–H groups in total. The number of hydrogen-bond donors (Lipinski definition) is 2. The average molecular weight is 210 g/mol. The molecule has 0 radical (unpaired) electrons. The number of nitrogens with one attached hydrogen (secondary N) is 2. The van der Waals surface area contributed by atoms with E-state index in [4.69, 9.17) is 0 Å². The number of hydrogen-bond acceptors (Lipinski definition) is 3. The molecule has 0 aliphatic heterocycles. The van der Waals surface area contributed by atoms with Crippen molar-refractivity contribution in [1.82, 2.24) is 20.2 Å². The van der Waals surface area contributed by atoms with Crippen molar-refractivity contribution in [1.29, 1.82) is 0 Å². The van der Waals surface area contributed by atoms with E-state index >= 15 is 0 Å². The molecule has 0 aliphatic carbocycles. The number of aromatic nitrogens is 2. The average Bonchev–Trinajstić information content (AvgIpc) is 2.57. The highest BCUT2D eigenvalue weighted by Gasteiger charge is 1.95. The van der Waals surface area contributed by atoms with Crippen molar-refractivity contribution < 1.29 is 0 Å². The molecule has 0 fully saturated rings.